The van der Waals surface area contributed by atoms with Gasteiger partial charge < -0.3 is 14.6 Å². The van der Waals surface area contributed by atoms with Crippen molar-refractivity contribution in [2.45, 2.75) is 13.1 Å². The summed E-state index contributed by atoms with van der Waals surface area (Å²) in [4.78, 5) is 21.1. The Morgan fingerprint density at radius 1 is 1.28 bits per heavy atom. The molecule has 0 saturated carbocycles. The van der Waals surface area contributed by atoms with E-state index in [0.29, 0.717) is 6.54 Å². The number of fused-ring (bicyclic) bond motifs is 1. The first-order chi connectivity index (χ1) is 8.75. The molecule has 0 spiro atoms. The molecule has 3 heterocycles. The summed E-state index contributed by atoms with van der Waals surface area (Å²) >= 11 is 0. The quantitative estimate of drug-likeness (QED) is 0.853. The molecular weight excluding hydrogens is 232 g/mol. The largest absolute Gasteiger partial charge is 0.476 e. The number of rotatable bonds is 2. The van der Waals surface area contributed by atoms with Crippen molar-refractivity contribution >= 4 is 11.7 Å². The van der Waals surface area contributed by atoms with Gasteiger partial charge in [0.2, 0.25) is 0 Å². The van der Waals surface area contributed by atoms with Crippen LogP contribution in [0.25, 0.3) is 0 Å². The average Bonchev–Trinajstić information content (AvgIpc) is 2.82. The SMILES string of the molecule is O=C(O)c1ncn2c1CN(c1ccncc1)CC2. The second-order valence-corrected chi connectivity index (χ2v) is 4.17. The van der Waals surface area contributed by atoms with Crippen molar-refractivity contribution in [2.24, 2.45) is 0 Å². The van der Waals surface area contributed by atoms with E-state index in [4.69, 9.17) is 5.11 Å². The molecule has 3 rings (SSSR count). The molecule has 92 valence electrons. The minimum Gasteiger partial charge on any atom is -0.476 e. The van der Waals surface area contributed by atoms with Crippen LogP contribution in [0.15, 0.2) is 30.9 Å². The third kappa shape index (κ3) is 1.71. The molecule has 2 aromatic rings. The summed E-state index contributed by atoms with van der Waals surface area (Å²) in [6.07, 6.45) is 5.07. The van der Waals surface area contributed by atoms with E-state index in [-0.39, 0.29) is 5.69 Å². The summed E-state index contributed by atoms with van der Waals surface area (Å²) in [6, 6.07) is 3.85. The van der Waals surface area contributed by atoms with Crippen molar-refractivity contribution in [3.8, 4) is 0 Å². The van der Waals surface area contributed by atoms with Gasteiger partial charge in [-0.1, -0.05) is 0 Å². The van der Waals surface area contributed by atoms with Crippen molar-refractivity contribution in [1.29, 1.82) is 0 Å². The molecule has 0 radical (unpaired) electrons. The van der Waals surface area contributed by atoms with Gasteiger partial charge in [-0.2, -0.15) is 0 Å². The molecule has 0 saturated heterocycles. The van der Waals surface area contributed by atoms with Crippen LogP contribution in [0.3, 0.4) is 0 Å². The zero-order valence-corrected chi connectivity index (χ0v) is 9.65. The fourth-order valence-corrected chi connectivity index (χ4v) is 2.21. The Morgan fingerprint density at radius 2 is 2.06 bits per heavy atom. The predicted molar refractivity (Wildman–Crippen MR) is 64.5 cm³/mol. The van der Waals surface area contributed by atoms with Crippen LogP contribution in [0.1, 0.15) is 16.2 Å². The van der Waals surface area contributed by atoms with Crippen molar-refractivity contribution in [1.82, 2.24) is 14.5 Å². The molecule has 0 bridgehead atoms. The highest BCUT2D eigenvalue weighted by Gasteiger charge is 2.23. The summed E-state index contributed by atoms with van der Waals surface area (Å²) in [5, 5.41) is 9.08. The van der Waals surface area contributed by atoms with Crippen LogP contribution in [0, 0.1) is 0 Å². The molecule has 0 unspecified atom stereocenters. The van der Waals surface area contributed by atoms with E-state index < -0.39 is 5.97 Å². The molecule has 2 aromatic heterocycles. The maximum Gasteiger partial charge on any atom is 0.356 e. The Balaban J connectivity index is 1.93. The second kappa shape index (κ2) is 4.14. The lowest BCUT2D eigenvalue weighted by Crippen LogP contribution is -2.34. The van der Waals surface area contributed by atoms with Crippen LogP contribution in [-0.2, 0) is 13.1 Å². The Morgan fingerprint density at radius 3 is 2.78 bits per heavy atom. The Hall–Kier alpha value is -2.37. The first kappa shape index (κ1) is 10.8. The van der Waals surface area contributed by atoms with Gasteiger partial charge in [-0.3, -0.25) is 4.98 Å². The van der Waals surface area contributed by atoms with E-state index in [1.54, 1.807) is 18.7 Å². The van der Waals surface area contributed by atoms with Crippen molar-refractivity contribution in [3.05, 3.63) is 42.2 Å². The van der Waals surface area contributed by atoms with Crippen LogP contribution in [0.2, 0.25) is 0 Å². The lowest BCUT2D eigenvalue weighted by molar-refractivity contribution is 0.0689. The summed E-state index contributed by atoms with van der Waals surface area (Å²) in [5.74, 6) is -0.972. The number of aromatic nitrogens is 3. The summed E-state index contributed by atoms with van der Waals surface area (Å²) in [7, 11) is 0. The lowest BCUT2D eigenvalue weighted by atomic mass is 10.2. The second-order valence-electron chi connectivity index (χ2n) is 4.17. The van der Waals surface area contributed by atoms with Crippen molar-refractivity contribution in [2.75, 3.05) is 11.4 Å². The first-order valence-corrected chi connectivity index (χ1v) is 5.68. The number of aromatic carboxylic acids is 1. The molecule has 1 aliphatic rings. The van der Waals surface area contributed by atoms with Gasteiger partial charge >= 0.3 is 5.97 Å². The van der Waals surface area contributed by atoms with Gasteiger partial charge in [-0.15, -0.1) is 0 Å². The van der Waals surface area contributed by atoms with Crippen LogP contribution in [-0.4, -0.2) is 32.2 Å². The number of anilines is 1. The number of carboxylic acids is 1. The number of carboxylic acid groups (broad SMARTS) is 1. The van der Waals surface area contributed by atoms with Crippen LogP contribution in [0.5, 0.6) is 0 Å². The molecule has 18 heavy (non-hydrogen) atoms. The van der Waals surface area contributed by atoms with E-state index in [2.05, 4.69) is 14.9 Å². The van der Waals surface area contributed by atoms with Gasteiger partial charge in [0.1, 0.15) is 0 Å². The zero-order valence-electron chi connectivity index (χ0n) is 9.65. The standard InChI is InChI=1S/C12H12N4O2/c17-12(18)11-10-7-15(5-6-16(10)8-14-11)9-1-3-13-4-2-9/h1-4,8H,5-7H2,(H,17,18). The summed E-state index contributed by atoms with van der Waals surface area (Å²) in [5.41, 5.74) is 1.95. The maximum absolute atomic E-state index is 11.1. The normalized spacial score (nSPS) is 14.3. The number of hydrogen-bond donors (Lipinski definition) is 1. The summed E-state index contributed by atoms with van der Waals surface area (Å²) < 4.78 is 1.90. The monoisotopic (exact) mass is 244 g/mol. The van der Waals surface area contributed by atoms with E-state index in [0.717, 1.165) is 24.5 Å². The molecule has 0 aliphatic carbocycles. The predicted octanol–water partition coefficient (Wildman–Crippen LogP) is 0.996. The smallest absolute Gasteiger partial charge is 0.356 e. The fourth-order valence-electron chi connectivity index (χ4n) is 2.21. The molecule has 0 aromatic carbocycles. The van der Waals surface area contributed by atoms with Crippen LogP contribution in [0.4, 0.5) is 5.69 Å². The molecule has 0 atom stereocenters. The number of imidazole rings is 1. The number of pyridine rings is 1. The van der Waals surface area contributed by atoms with E-state index in [1.807, 2.05) is 16.7 Å². The van der Waals surface area contributed by atoms with E-state index in [1.165, 1.54) is 0 Å². The van der Waals surface area contributed by atoms with Gasteiger partial charge in [0.05, 0.1) is 18.6 Å². The van der Waals surface area contributed by atoms with Gasteiger partial charge in [0, 0.05) is 31.2 Å². The highest BCUT2D eigenvalue weighted by molar-refractivity contribution is 5.86. The van der Waals surface area contributed by atoms with E-state index in [9.17, 15) is 4.79 Å². The van der Waals surface area contributed by atoms with Crippen LogP contribution < -0.4 is 4.90 Å². The summed E-state index contributed by atoms with van der Waals surface area (Å²) in [6.45, 7) is 2.15. The maximum atomic E-state index is 11.1. The average molecular weight is 244 g/mol. The Kier molecular flexibility index (Phi) is 2.47. The van der Waals surface area contributed by atoms with Crippen molar-refractivity contribution in [3.63, 3.8) is 0 Å². The number of hydrogen-bond acceptors (Lipinski definition) is 4. The minimum absolute atomic E-state index is 0.147. The molecule has 0 fully saturated rings. The minimum atomic E-state index is -0.972. The third-order valence-electron chi connectivity index (χ3n) is 3.13. The molecule has 1 N–H and O–H groups in total. The highest BCUT2D eigenvalue weighted by Crippen LogP contribution is 2.21. The molecule has 1 aliphatic heterocycles. The van der Waals surface area contributed by atoms with Gasteiger partial charge in [0.15, 0.2) is 5.69 Å². The fraction of sp³-hybridized carbons (Fsp3) is 0.250. The molecule has 6 nitrogen and oxygen atoms in total. The third-order valence-corrected chi connectivity index (χ3v) is 3.13. The van der Waals surface area contributed by atoms with E-state index >= 15 is 0 Å². The van der Waals surface area contributed by atoms with Gasteiger partial charge in [-0.25, -0.2) is 9.78 Å². The van der Waals surface area contributed by atoms with Crippen molar-refractivity contribution < 1.29 is 9.90 Å². The highest BCUT2D eigenvalue weighted by atomic mass is 16.4. The number of carbonyl (C=O) groups is 1. The Bertz CT molecular complexity index is 579. The van der Waals surface area contributed by atoms with Crippen LogP contribution >= 0.6 is 0 Å². The molecule has 0 amide bonds. The zero-order chi connectivity index (χ0) is 12.5. The van der Waals surface area contributed by atoms with Gasteiger partial charge in [0.25, 0.3) is 0 Å². The number of nitrogens with zero attached hydrogens (tertiary/aromatic N) is 4. The van der Waals surface area contributed by atoms with Gasteiger partial charge in [-0.05, 0) is 12.1 Å². The molecule has 6 heteroatoms. The Labute approximate surface area is 104 Å². The molecular formula is C12H12N4O2. The lowest BCUT2D eigenvalue weighted by Gasteiger charge is -2.30. The topological polar surface area (TPSA) is 71.2 Å². The first-order valence-electron chi connectivity index (χ1n) is 5.68.